The number of ether oxygens (including phenoxy) is 1. The highest BCUT2D eigenvalue weighted by molar-refractivity contribution is 5.92. The molecule has 0 aromatic carbocycles. The van der Waals surface area contributed by atoms with E-state index >= 15 is 0 Å². The molecule has 6 heteroatoms. The van der Waals surface area contributed by atoms with Crippen LogP contribution in [0.4, 0.5) is 0 Å². The van der Waals surface area contributed by atoms with E-state index in [-0.39, 0.29) is 12.0 Å². The minimum absolute atomic E-state index is 0.0278. The zero-order valence-electron chi connectivity index (χ0n) is 12.4. The largest absolute Gasteiger partial charge is 0.373 e. The average molecular weight is 290 g/mol. The molecule has 4 rings (SSSR count). The van der Waals surface area contributed by atoms with Crippen LogP contribution in [0.3, 0.4) is 0 Å². The quantitative estimate of drug-likeness (QED) is 0.806. The zero-order valence-corrected chi connectivity index (χ0v) is 12.4. The molecule has 0 spiro atoms. The molecule has 1 saturated carbocycles. The zero-order chi connectivity index (χ0) is 14.4. The molecule has 0 N–H and O–H groups in total. The molecule has 3 aliphatic rings. The van der Waals surface area contributed by atoms with Crippen molar-refractivity contribution in [2.75, 3.05) is 32.8 Å². The summed E-state index contributed by atoms with van der Waals surface area (Å²) in [6, 6.07) is 2.15. The summed E-state index contributed by atoms with van der Waals surface area (Å²) < 4.78 is 7.57. The van der Waals surface area contributed by atoms with Crippen molar-refractivity contribution in [1.29, 1.82) is 0 Å². The van der Waals surface area contributed by atoms with Crippen LogP contribution in [0.25, 0.3) is 0 Å². The number of fused-ring (bicyclic) bond motifs is 1. The van der Waals surface area contributed by atoms with Gasteiger partial charge in [-0.15, -0.1) is 0 Å². The van der Waals surface area contributed by atoms with Gasteiger partial charge in [-0.2, -0.15) is 5.10 Å². The first-order valence-corrected chi connectivity index (χ1v) is 7.85. The van der Waals surface area contributed by atoms with Crippen LogP contribution < -0.4 is 0 Å². The fourth-order valence-electron chi connectivity index (χ4n) is 3.47. The van der Waals surface area contributed by atoms with E-state index in [1.165, 1.54) is 19.4 Å². The Morgan fingerprint density at radius 1 is 1.43 bits per heavy atom. The van der Waals surface area contributed by atoms with Crippen LogP contribution in [0.5, 0.6) is 0 Å². The van der Waals surface area contributed by atoms with Crippen LogP contribution in [-0.4, -0.2) is 70.4 Å². The molecular weight excluding hydrogens is 268 g/mol. The van der Waals surface area contributed by atoms with Crippen LogP contribution in [0, 0.1) is 5.92 Å². The third-order valence-corrected chi connectivity index (χ3v) is 4.83. The maximum Gasteiger partial charge on any atom is 0.274 e. The van der Waals surface area contributed by atoms with E-state index in [2.05, 4.69) is 10.00 Å². The first-order valence-electron chi connectivity index (χ1n) is 7.85. The Hall–Kier alpha value is -1.40. The highest BCUT2D eigenvalue weighted by Crippen LogP contribution is 2.33. The van der Waals surface area contributed by atoms with Gasteiger partial charge in [-0.05, 0) is 24.8 Å². The molecule has 2 aliphatic heterocycles. The van der Waals surface area contributed by atoms with Crippen LogP contribution in [0.1, 0.15) is 23.3 Å². The number of aromatic nitrogens is 2. The summed E-state index contributed by atoms with van der Waals surface area (Å²) in [7, 11) is 1.83. The summed E-state index contributed by atoms with van der Waals surface area (Å²) in [5, 5.41) is 4.22. The van der Waals surface area contributed by atoms with Crippen molar-refractivity contribution in [2.45, 2.75) is 25.0 Å². The highest BCUT2D eigenvalue weighted by atomic mass is 16.5. The van der Waals surface area contributed by atoms with E-state index in [4.69, 9.17) is 4.74 Å². The van der Waals surface area contributed by atoms with Crippen molar-refractivity contribution in [3.8, 4) is 0 Å². The van der Waals surface area contributed by atoms with E-state index in [0.29, 0.717) is 18.3 Å². The van der Waals surface area contributed by atoms with Crippen molar-refractivity contribution in [3.63, 3.8) is 0 Å². The van der Waals surface area contributed by atoms with Crippen molar-refractivity contribution in [3.05, 3.63) is 18.0 Å². The SMILES string of the molecule is Cn1ccc(C(=O)N2C[C@@H]3OCCN(CC4CC4)[C@@H]3C2)n1. The second-order valence-corrected chi connectivity index (χ2v) is 6.50. The van der Waals surface area contributed by atoms with Gasteiger partial charge in [0.15, 0.2) is 0 Å². The fraction of sp³-hybridized carbons (Fsp3) is 0.733. The normalized spacial score (nSPS) is 29.7. The molecule has 3 fully saturated rings. The van der Waals surface area contributed by atoms with Gasteiger partial charge in [-0.1, -0.05) is 0 Å². The second kappa shape index (κ2) is 5.10. The van der Waals surface area contributed by atoms with Gasteiger partial charge in [0.25, 0.3) is 5.91 Å². The fourth-order valence-corrected chi connectivity index (χ4v) is 3.47. The standard InChI is InChI=1S/C15H22N4O2/c1-17-5-4-12(16-17)15(20)19-9-13-14(10-19)21-7-6-18(13)8-11-2-3-11/h4-5,11,13-14H,2-3,6-10H2,1H3/t13-,14+/m1/s1. The summed E-state index contributed by atoms with van der Waals surface area (Å²) >= 11 is 0. The summed E-state index contributed by atoms with van der Waals surface area (Å²) in [6.45, 7) is 4.44. The van der Waals surface area contributed by atoms with E-state index in [9.17, 15) is 4.79 Å². The third kappa shape index (κ3) is 2.58. The van der Waals surface area contributed by atoms with Gasteiger partial charge < -0.3 is 9.64 Å². The summed E-state index contributed by atoms with van der Waals surface area (Å²) in [5.41, 5.74) is 0.532. The Labute approximate surface area is 124 Å². The number of likely N-dealkylation sites (tertiary alicyclic amines) is 1. The summed E-state index contributed by atoms with van der Waals surface area (Å²) in [6.07, 6.45) is 4.72. The highest BCUT2D eigenvalue weighted by Gasteiger charge is 2.43. The van der Waals surface area contributed by atoms with E-state index in [1.54, 1.807) is 10.7 Å². The molecule has 0 bridgehead atoms. The maximum atomic E-state index is 12.5. The van der Waals surface area contributed by atoms with E-state index < -0.39 is 0 Å². The monoisotopic (exact) mass is 290 g/mol. The lowest BCUT2D eigenvalue weighted by atomic mass is 10.1. The molecule has 1 aromatic heterocycles. The van der Waals surface area contributed by atoms with Crippen LogP contribution in [-0.2, 0) is 11.8 Å². The lowest BCUT2D eigenvalue weighted by Gasteiger charge is -2.36. The van der Waals surface area contributed by atoms with Crippen LogP contribution in [0.2, 0.25) is 0 Å². The number of morpholine rings is 1. The van der Waals surface area contributed by atoms with Gasteiger partial charge in [0.1, 0.15) is 5.69 Å². The maximum absolute atomic E-state index is 12.5. The average Bonchev–Trinajstić information content (AvgIpc) is 3.01. The first kappa shape index (κ1) is 13.3. The number of nitrogens with zero attached hydrogens (tertiary/aromatic N) is 4. The molecule has 1 aliphatic carbocycles. The summed E-state index contributed by atoms with van der Waals surface area (Å²) in [4.78, 5) is 17.0. The van der Waals surface area contributed by atoms with Crippen LogP contribution >= 0.6 is 0 Å². The van der Waals surface area contributed by atoms with Gasteiger partial charge in [0.2, 0.25) is 0 Å². The van der Waals surface area contributed by atoms with E-state index in [0.717, 1.165) is 25.6 Å². The topological polar surface area (TPSA) is 50.6 Å². The number of hydrogen-bond donors (Lipinski definition) is 0. The Morgan fingerprint density at radius 3 is 3.00 bits per heavy atom. The van der Waals surface area contributed by atoms with Crippen molar-refractivity contribution in [2.24, 2.45) is 13.0 Å². The van der Waals surface area contributed by atoms with Gasteiger partial charge in [0.05, 0.1) is 18.8 Å². The van der Waals surface area contributed by atoms with Crippen molar-refractivity contribution >= 4 is 5.91 Å². The molecule has 0 unspecified atom stereocenters. The van der Waals surface area contributed by atoms with Crippen molar-refractivity contribution in [1.82, 2.24) is 19.6 Å². The Bertz CT molecular complexity index is 540. The molecule has 2 saturated heterocycles. The number of aryl methyl sites for hydroxylation is 1. The Kier molecular flexibility index (Phi) is 3.23. The number of carbonyl (C=O) groups is 1. The van der Waals surface area contributed by atoms with Crippen LogP contribution in [0.15, 0.2) is 12.3 Å². The second-order valence-electron chi connectivity index (χ2n) is 6.50. The van der Waals surface area contributed by atoms with Gasteiger partial charge >= 0.3 is 0 Å². The van der Waals surface area contributed by atoms with E-state index in [1.807, 2.05) is 18.1 Å². The third-order valence-electron chi connectivity index (χ3n) is 4.83. The smallest absolute Gasteiger partial charge is 0.274 e. The Balaban J connectivity index is 1.45. The molecule has 0 radical (unpaired) electrons. The minimum Gasteiger partial charge on any atom is -0.373 e. The molecule has 3 heterocycles. The molecule has 2 atom stereocenters. The molecular formula is C15H22N4O2. The number of hydrogen-bond acceptors (Lipinski definition) is 4. The van der Waals surface area contributed by atoms with Gasteiger partial charge in [-0.25, -0.2) is 0 Å². The van der Waals surface area contributed by atoms with Gasteiger partial charge in [0, 0.05) is 39.4 Å². The summed E-state index contributed by atoms with van der Waals surface area (Å²) in [5.74, 6) is 0.907. The predicted octanol–water partition coefficient (Wildman–Crippen LogP) is 0.355. The minimum atomic E-state index is 0.0278. The number of carbonyl (C=O) groups excluding carboxylic acids is 1. The molecule has 1 amide bonds. The molecule has 1 aromatic rings. The molecule has 21 heavy (non-hydrogen) atoms. The molecule has 114 valence electrons. The Morgan fingerprint density at radius 2 is 2.29 bits per heavy atom. The molecule has 6 nitrogen and oxygen atoms in total. The lowest BCUT2D eigenvalue weighted by Crippen LogP contribution is -2.51. The predicted molar refractivity (Wildman–Crippen MR) is 76.9 cm³/mol. The number of rotatable bonds is 3. The lowest BCUT2D eigenvalue weighted by molar-refractivity contribution is -0.0484. The first-order chi connectivity index (χ1) is 10.2. The van der Waals surface area contributed by atoms with Crippen molar-refractivity contribution < 1.29 is 9.53 Å². The number of amides is 1. The van der Waals surface area contributed by atoms with Gasteiger partial charge in [-0.3, -0.25) is 14.4 Å².